The third-order valence-electron chi connectivity index (χ3n) is 3.57. The summed E-state index contributed by atoms with van der Waals surface area (Å²) < 4.78 is 10.1. The molecule has 0 aromatic rings. The Hall–Kier alpha value is -0.650. The number of nitrogens with two attached hydrogens (primary N) is 1. The molecule has 1 aliphatic carbocycles. The van der Waals surface area contributed by atoms with Crippen molar-refractivity contribution in [2.45, 2.75) is 19.3 Å². The average molecular weight is 244 g/mol. The van der Waals surface area contributed by atoms with Crippen LogP contribution in [0.2, 0.25) is 0 Å². The Labute approximate surface area is 103 Å². The summed E-state index contributed by atoms with van der Waals surface area (Å²) >= 11 is 0. The molecule has 0 radical (unpaired) electrons. The maximum atomic E-state index is 12.4. The van der Waals surface area contributed by atoms with Crippen LogP contribution in [-0.4, -0.2) is 57.9 Å². The topological polar surface area (TPSA) is 64.8 Å². The normalized spacial score (nSPS) is 17.6. The van der Waals surface area contributed by atoms with Crippen LogP contribution in [0.3, 0.4) is 0 Å². The van der Waals surface area contributed by atoms with Crippen LogP contribution in [0.5, 0.6) is 0 Å². The summed E-state index contributed by atoms with van der Waals surface area (Å²) in [6, 6.07) is 0. The van der Waals surface area contributed by atoms with Crippen molar-refractivity contribution in [2.75, 3.05) is 47.1 Å². The van der Waals surface area contributed by atoms with Gasteiger partial charge in [-0.05, 0) is 12.8 Å². The molecule has 0 atom stereocenters. The average Bonchev–Trinajstić information content (AvgIpc) is 2.28. The first-order valence-corrected chi connectivity index (χ1v) is 6.17. The standard InChI is InChI=1S/C12H24N2O3/c1-16-8-6-14(7-9-17-2)11(15)12(10-13)4-3-5-12/h3-10,13H2,1-2H3. The monoisotopic (exact) mass is 244 g/mol. The summed E-state index contributed by atoms with van der Waals surface area (Å²) in [5.41, 5.74) is 5.45. The highest BCUT2D eigenvalue weighted by molar-refractivity contribution is 5.84. The molecule has 5 nitrogen and oxygen atoms in total. The molecule has 0 heterocycles. The molecular formula is C12H24N2O3. The highest BCUT2D eigenvalue weighted by atomic mass is 16.5. The van der Waals surface area contributed by atoms with E-state index in [-0.39, 0.29) is 11.3 Å². The van der Waals surface area contributed by atoms with E-state index < -0.39 is 0 Å². The molecule has 1 rings (SSSR count). The molecule has 0 bridgehead atoms. The predicted octanol–water partition coefficient (Wildman–Crippen LogP) is 0.237. The van der Waals surface area contributed by atoms with Crippen LogP contribution >= 0.6 is 0 Å². The zero-order valence-electron chi connectivity index (χ0n) is 10.9. The van der Waals surface area contributed by atoms with Crippen molar-refractivity contribution in [1.29, 1.82) is 0 Å². The molecule has 0 aromatic carbocycles. The van der Waals surface area contributed by atoms with Gasteiger partial charge in [-0.3, -0.25) is 4.79 Å². The summed E-state index contributed by atoms with van der Waals surface area (Å²) in [7, 11) is 3.28. The SMILES string of the molecule is COCCN(CCOC)C(=O)C1(CN)CCC1. The van der Waals surface area contributed by atoms with E-state index >= 15 is 0 Å². The van der Waals surface area contributed by atoms with Gasteiger partial charge >= 0.3 is 0 Å². The van der Waals surface area contributed by atoms with E-state index in [1.807, 2.05) is 4.90 Å². The summed E-state index contributed by atoms with van der Waals surface area (Å²) in [6.07, 6.45) is 2.93. The Morgan fingerprint density at radius 3 is 2.06 bits per heavy atom. The van der Waals surface area contributed by atoms with Gasteiger partial charge in [0.1, 0.15) is 0 Å². The van der Waals surface area contributed by atoms with Gasteiger partial charge in [0.15, 0.2) is 0 Å². The number of carbonyl (C=O) groups excluding carboxylic acids is 1. The van der Waals surface area contributed by atoms with Gasteiger partial charge in [-0.2, -0.15) is 0 Å². The zero-order valence-corrected chi connectivity index (χ0v) is 10.9. The summed E-state index contributed by atoms with van der Waals surface area (Å²) in [5, 5.41) is 0. The highest BCUT2D eigenvalue weighted by Crippen LogP contribution is 2.41. The van der Waals surface area contributed by atoms with Crippen molar-refractivity contribution in [3.05, 3.63) is 0 Å². The van der Waals surface area contributed by atoms with Crippen molar-refractivity contribution in [2.24, 2.45) is 11.1 Å². The lowest BCUT2D eigenvalue weighted by atomic mass is 9.68. The summed E-state index contributed by atoms with van der Waals surface area (Å²) in [4.78, 5) is 14.2. The van der Waals surface area contributed by atoms with E-state index in [4.69, 9.17) is 15.2 Å². The lowest BCUT2D eigenvalue weighted by molar-refractivity contribution is -0.148. The predicted molar refractivity (Wildman–Crippen MR) is 65.7 cm³/mol. The molecule has 0 aliphatic heterocycles. The van der Waals surface area contributed by atoms with Gasteiger partial charge < -0.3 is 20.1 Å². The minimum absolute atomic E-state index is 0.167. The van der Waals surface area contributed by atoms with Crippen LogP contribution in [0.25, 0.3) is 0 Å². The molecule has 5 heteroatoms. The lowest BCUT2D eigenvalue weighted by Gasteiger charge is -2.42. The highest BCUT2D eigenvalue weighted by Gasteiger charge is 2.44. The number of hydrogen-bond donors (Lipinski definition) is 1. The van der Waals surface area contributed by atoms with Crippen molar-refractivity contribution >= 4 is 5.91 Å². The Morgan fingerprint density at radius 2 is 1.76 bits per heavy atom. The number of hydrogen-bond acceptors (Lipinski definition) is 4. The fraction of sp³-hybridized carbons (Fsp3) is 0.917. The molecule has 1 saturated carbocycles. The minimum atomic E-state index is -0.304. The van der Waals surface area contributed by atoms with Gasteiger partial charge in [-0.1, -0.05) is 6.42 Å². The van der Waals surface area contributed by atoms with Gasteiger partial charge in [0.25, 0.3) is 0 Å². The molecule has 0 unspecified atom stereocenters. The van der Waals surface area contributed by atoms with Gasteiger partial charge in [0.05, 0.1) is 18.6 Å². The molecule has 0 spiro atoms. The summed E-state index contributed by atoms with van der Waals surface area (Å²) in [6.45, 7) is 2.77. The second-order valence-corrected chi connectivity index (χ2v) is 4.62. The molecule has 0 saturated heterocycles. The summed E-state index contributed by atoms with van der Waals surface area (Å²) in [5.74, 6) is 0.167. The molecule has 1 aliphatic rings. The fourth-order valence-electron chi connectivity index (χ4n) is 2.16. The molecule has 17 heavy (non-hydrogen) atoms. The molecular weight excluding hydrogens is 220 g/mol. The Kier molecular flexibility index (Phi) is 5.88. The quantitative estimate of drug-likeness (QED) is 0.664. The first kappa shape index (κ1) is 14.4. The van der Waals surface area contributed by atoms with E-state index in [9.17, 15) is 4.79 Å². The maximum Gasteiger partial charge on any atom is 0.230 e. The van der Waals surface area contributed by atoms with E-state index in [0.717, 1.165) is 19.3 Å². The van der Waals surface area contributed by atoms with Crippen molar-refractivity contribution in [3.63, 3.8) is 0 Å². The first-order valence-electron chi connectivity index (χ1n) is 6.17. The van der Waals surface area contributed by atoms with Gasteiger partial charge in [-0.25, -0.2) is 0 Å². The fourth-order valence-corrected chi connectivity index (χ4v) is 2.16. The van der Waals surface area contributed by atoms with Gasteiger partial charge in [0, 0.05) is 33.9 Å². The van der Waals surface area contributed by atoms with E-state index in [1.54, 1.807) is 14.2 Å². The van der Waals surface area contributed by atoms with Gasteiger partial charge in [-0.15, -0.1) is 0 Å². The zero-order chi connectivity index (χ0) is 12.7. The molecule has 2 N–H and O–H groups in total. The number of methoxy groups -OCH3 is 2. The Morgan fingerprint density at radius 1 is 1.24 bits per heavy atom. The minimum Gasteiger partial charge on any atom is -0.383 e. The largest absolute Gasteiger partial charge is 0.383 e. The van der Waals surface area contributed by atoms with Gasteiger partial charge in [0.2, 0.25) is 5.91 Å². The van der Waals surface area contributed by atoms with Crippen LogP contribution in [0.4, 0.5) is 0 Å². The smallest absolute Gasteiger partial charge is 0.230 e. The Balaban J connectivity index is 2.57. The van der Waals surface area contributed by atoms with E-state index in [1.165, 1.54) is 0 Å². The van der Waals surface area contributed by atoms with Crippen LogP contribution < -0.4 is 5.73 Å². The second kappa shape index (κ2) is 6.93. The lowest BCUT2D eigenvalue weighted by Crippen LogP contribution is -2.53. The third kappa shape index (κ3) is 3.40. The van der Waals surface area contributed by atoms with Crippen molar-refractivity contribution < 1.29 is 14.3 Å². The number of ether oxygens (including phenoxy) is 2. The number of rotatable bonds is 8. The number of nitrogens with zero attached hydrogens (tertiary/aromatic N) is 1. The first-order chi connectivity index (χ1) is 8.20. The maximum absolute atomic E-state index is 12.4. The van der Waals surface area contributed by atoms with Crippen molar-refractivity contribution in [1.82, 2.24) is 4.90 Å². The second-order valence-electron chi connectivity index (χ2n) is 4.62. The van der Waals surface area contributed by atoms with Crippen LogP contribution in [-0.2, 0) is 14.3 Å². The number of amides is 1. The van der Waals surface area contributed by atoms with Crippen molar-refractivity contribution in [3.8, 4) is 0 Å². The van der Waals surface area contributed by atoms with E-state index in [0.29, 0.717) is 32.8 Å². The Bertz CT molecular complexity index is 228. The van der Waals surface area contributed by atoms with E-state index in [2.05, 4.69) is 0 Å². The van der Waals surface area contributed by atoms with Crippen LogP contribution in [0.1, 0.15) is 19.3 Å². The third-order valence-corrected chi connectivity index (χ3v) is 3.57. The van der Waals surface area contributed by atoms with Crippen LogP contribution in [0, 0.1) is 5.41 Å². The molecule has 0 aromatic heterocycles. The van der Waals surface area contributed by atoms with Crippen LogP contribution in [0.15, 0.2) is 0 Å². The molecule has 1 fully saturated rings. The number of carbonyl (C=O) groups is 1. The molecule has 100 valence electrons. The molecule has 1 amide bonds.